The minimum Gasteiger partial charge on any atom is -0.503 e. The van der Waals surface area contributed by atoms with Crippen molar-refractivity contribution in [3.63, 3.8) is 0 Å². The quantitative estimate of drug-likeness (QED) is 0.570. The highest BCUT2D eigenvalue weighted by Crippen LogP contribution is 2.28. The van der Waals surface area contributed by atoms with Gasteiger partial charge in [0.2, 0.25) is 5.43 Å². The fraction of sp³-hybridized carbons (Fsp3) is 0.174. The molecule has 4 nitrogen and oxygen atoms in total. The van der Waals surface area contributed by atoms with Crippen LogP contribution in [0.2, 0.25) is 0 Å². The summed E-state index contributed by atoms with van der Waals surface area (Å²) < 4.78 is 4.00. The van der Waals surface area contributed by atoms with Crippen LogP contribution in [0.3, 0.4) is 0 Å². The molecule has 0 radical (unpaired) electrons. The van der Waals surface area contributed by atoms with Crippen molar-refractivity contribution in [1.29, 1.82) is 0 Å². The number of fused-ring (bicyclic) bond motifs is 1. The monoisotopic (exact) mass is 358 g/mol. The molecule has 0 saturated heterocycles. The third kappa shape index (κ3) is 3.04. The van der Waals surface area contributed by atoms with Gasteiger partial charge in [0.25, 0.3) is 0 Å². The predicted octanol–water partition coefficient (Wildman–Crippen LogP) is 4.83. The van der Waals surface area contributed by atoms with Gasteiger partial charge in [0.15, 0.2) is 5.75 Å². The summed E-state index contributed by atoms with van der Waals surface area (Å²) in [5, 5.41) is 11.1. The lowest BCUT2D eigenvalue weighted by atomic mass is 10.0. The second-order valence-corrected chi connectivity index (χ2v) is 7.22. The third-order valence-corrected chi connectivity index (χ3v) is 5.00. The zero-order valence-electron chi connectivity index (χ0n) is 15.7. The Morgan fingerprint density at radius 2 is 1.74 bits per heavy atom. The van der Waals surface area contributed by atoms with Crippen molar-refractivity contribution >= 4 is 10.9 Å². The lowest BCUT2D eigenvalue weighted by Crippen LogP contribution is -2.12. The second-order valence-electron chi connectivity index (χ2n) is 7.22. The maximum Gasteiger partial charge on any atom is 0.223 e. The SMILES string of the molecule is CC(C)c1cc(=O)c(O)cn1-c1cccc(-c2ccc3c(ccn3C)c2)c1. The standard InChI is InChI=1S/C23H22N2O2/c1-15(2)21-13-22(26)23(27)14-25(21)19-6-4-5-16(12-19)17-7-8-20-18(11-17)9-10-24(20)3/h4-15,27H,1-3H3. The minimum atomic E-state index is -0.347. The molecule has 0 fully saturated rings. The van der Waals surface area contributed by atoms with Gasteiger partial charge in [-0.1, -0.05) is 32.0 Å². The van der Waals surface area contributed by atoms with Crippen molar-refractivity contribution in [2.24, 2.45) is 7.05 Å². The number of rotatable bonds is 3. The van der Waals surface area contributed by atoms with E-state index in [1.54, 1.807) is 0 Å². The van der Waals surface area contributed by atoms with Crippen LogP contribution in [0.25, 0.3) is 27.7 Å². The topological polar surface area (TPSA) is 47.2 Å². The van der Waals surface area contributed by atoms with E-state index in [4.69, 9.17) is 0 Å². The molecule has 27 heavy (non-hydrogen) atoms. The van der Waals surface area contributed by atoms with Crippen LogP contribution in [0.4, 0.5) is 0 Å². The van der Waals surface area contributed by atoms with E-state index in [0.29, 0.717) is 0 Å². The molecule has 0 amide bonds. The summed E-state index contributed by atoms with van der Waals surface area (Å²) in [7, 11) is 2.04. The number of benzene rings is 2. The predicted molar refractivity (Wildman–Crippen MR) is 110 cm³/mol. The first kappa shape index (κ1) is 17.2. The van der Waals surface area contributed by atoms with Crippen molar-refractivity contribution in [2.75, 3.05) is 0 Å². The Hall–Kier alpha value is -3.27. The maximum atomic E-state index is 11.9. The summed E-state index contributed by atoms with van der Waals surface area (Å²) >= 11 is 0. The van der Waals surface area contributed by atoms with Gasteiger partial charge in [0, 0.05) is 41.6 Å². The summed E-state index contributed by atoms with van der Waals surface area (Å²) in [4.78, 5) is 11.9. The third-order valence-electron chi connectivity index (χ3n) is 5.00. The normalized spacial score (nSPS) is 11.4. The molecule has 2 aromatic heterocycles. The smallest absolute Gasteiger partial charge is 0.223 e. The molecule has 0 aliphatic rings. The first-order valence-corrected chi connectivity index (χ1v) is 9.05. The van der Waals surface area contributed by atoms with Gasteiger partial charge < -0.3 is 14.2 Å². The molecule has 0 saturated carbocycles. The summed E-state index contributed by atoms with van der Waals surface area (Å²) in [5.74, 6) is -0.0851. The number of hydrogen-bond donors (Lipinski definition) is 1. The van der Waals surface area contributed by atoms with E-state index >= 15 is 0 Å². The second kappa shape index (κ2) is 6.47. The fourth-order valence-corrected chi connectivity index (χ4v) is 3.50. The van der Waals surface area contributed by atoms with E-state index in [0.717, 1.165) is 22.5 Å². The Kier molecular flexibility index (Phi) is 4.11. The maximum absolute atomic E-state index is 11.9. The lowest BCUT2D eigenvalue weighted by Gasteiger charge is -2.17. The van der Waals surface area contributed by atoms with Crippen molar-refractivity contribution in [1.82, 2.24) is 9.13 Å². The molecule has 2 aromatic carbocycles. The Morgan fingerprint density at radius 3 is 2.52 bits per heavy atom. The molecule has 0 atom stereocenters. The molecule has 4 heteroatoms. The average molecular weight is 358 g/mol. The highest BCUT2D eigenvalue weighted by molar-refractivity contribution is 5.85. The average Bonchev–Trinajstić information content (AvgIpc) is 3.04. The number of pyridine rings is 1. The molecule has 136 valence electrons. The van der Waals surface area contributed by atoms with E-state index in [-0.39, 0.29) is 17.1 Å². The molecule has 0 aliphatic carbocycles. The van der Waals surface area contributed by atoms with Gasteiger partial charge in [-0.2, -0.15) is 0 Å². The summed E-state index contributed by atoms with van der Waals surface area (Å²) in [6.45, 7) is 4.07. The van der Waals surface area contributed by atoms with Crippen LogP contribution < -0.4 is 5.43 Å². The molecule has 1 N–H and O–H groups in total. The zero-order valence-corrected chi connectivity index (χ0v) is 15.7. The van der Waals surface area contributed by atoms with Crippen LogP contribution in [-0.4, -0.2) is 14.2 Å². The van der Waals surface area contributed by atoms with E-state index in [1.165, 1.54) is 23.2 Å². The molecular weight excluding hydrogens is 336 g/mol. The van der Waals surface area contributed by atoms with Crippen LogP contribution >= 0.6 is 0 Å². The molecule has 4 rings (SSSR count). The van der Waals surface area contributed by atoms with Gasteiger partial charge in [-0.15, -0.1) is 0 Å². The van der Waals surface area contributed by atoms with Crippen molar-refractivity contribution < 1.29 is 5.11 Å². The number of aromatic hydroxyl groups is 1. The summed E-state index contributed by atoms with van der Waals surface area (Å²) in [5.41, 5.74) is 4.86. The number of aryl methyl sites for hydroxylation is 1. The Morgan fingerprint density at radius 1 is 0.963 bits per heavy atom. The van der Waals surface area contributed by atoms with Gasteiger partial charge in [-0.25, -0.2) is 0 Å². The van der Waals surface area contributed by atoms with E-state index in [9.17, 15) is 9.90 Å². The van der Waals surface area contributed by atoms with Crippen LogP contribution in [0, 0.1) is 0 Å². The molecule has 2 heterocycles. The Labute approximate surface area is 157 Å². The van der Waals surface area contributed by atoms with Crippen LogP contribution in [-0.2, 0) is 7.05 Å². The summed E-state index contributed by atoms with van der Waals surface area (Å²) in [6, 6.07) is 18.2. The molecule has 0 aliphatic heterocycles. The molecule has 0 spiro atoms. The van der Waals surface area contributed by atoms with Gasteiger partial charge in [0.05, 0.1) is 6.20 Å². The van der Waals surface area contributed by atoms with Crippen LogP contribution in [0.15, 0.2) is 71.8 Å². The van der Waals surface area contributed by atoms with Gasteiger partial charge in [-0.3, -0.25) is 4.79 Å². The van der Waals surface area contributed by atoms with Gasteiger partial charge in [0.1, 0.15) is 0 Å². The van der Waals surface area contributed by atoms with Crippen LogP contribution in [0.1, 0.15) is 25.5 Å². The molecule has 0 bridgehead atoms. The number of nitrogens with zero attached hydrogens (tertiary/aromatic N) is 2. The number of aromatic nitrogens is 2. The van der Waals surface area contributed by atoms with Gasteiger partial charge >= 0.3 is 0 Å². The van der Waals surface area contributed by atoms with Crippen LogP contribution in [0.5, 0.6) is 5.75 Å². The van der Waals surface area contributed by atoms with E-state index in [1.807, 2.05) is 37.6 Å². The van der Waals surface area contributed by atoms with E-state index in [2.05, 4.69) is 47.2 Å². The minimum absolute atomic E-state index is 0.155. The largest absolute Gasteiger partial charge is 0.503 e. The Balaban J connectivity index is 1.85. The zero-order chi connectivity index (χ0) is 19.1. The Bertz CT molecular complexity index is 1200. The van der Waals surface area contributed by atoms with Crippen molar-refractivity contribution in [2.45, 2.75) is 19.8 Å². The van der Waals surface area contributed by atoms with Crippen molar-refractivity contribution in [3.05, 3.63) is 82.9 Å². The van der Waals surface area contributed by atoms with E-state index < -0.39 is 0 Å². The first-order chi connectivity index (χ1) is 12.9. The van der Waals surface area contributed by atoms with Crippen molar-refractivity contribution in [3.8, 4) is 22.6 Å². The van der Waals surface area contributed by atoms with Gasteiger partial charge in [-0.05, 0) is 47.4 Å². The lowest BCUT2D eigenvalue weighted by molar-refractivity contribution is 0.463. The molecule has 4 aromatic rings. The number of hydrogen-bond acceptors (Lipinski definition) is 2. The molecular formula is C23H22N2O2. The highest BCUT2D eigenvalue weighted by atomic mass is 16.3. The molecule has 0 unspecified atom stereocenters. The summed E-state index contributed by atoms with van der Waals surface area (Å²) in [6.07, 6.45) is 3.57. The fourth-order valence-electron chi connectivity index (χ4n) is 3.50. The first-order valence-electron chi connectivity index (χ1n) is 9.05. The highest BCUT2D eigenvalue weighted by Gasteiger charge is 2.12.